The van der Waals surface area contributed by atoms with Gasteiger partial charge in [0, 0.05) is 44.0 Å². The Kier molecular flexibility index (Phi) is 3.99. The first-order valence-corrected chi connectivity index (χ1v) is 9.08. The van der Waals surface area contributed by atoms with E-state index in [0.29, 0.717) is 13.1 Å². The Bertz CT molecular complexity index is 644. The molecule has 4 nitrogen and oxygen atoms in total. The molecule has 1 aromatic rings. The molecule has 4 rings (SSSR count). The van der Waals surface area contributed by atoms with Crippen molar-refractivity contribution in [3.63, 3.8) is 0 Å². The first-order chi connectivity index (χ1) is 11.6. The van der Waals surface area contributed by atoms with Gasteiger partial charge in [-0.05, 0) is 43.7 Å². The molecule has 2 atom stereocenters. The van der Waals surface area contributed by atoms with E-state index in [2.05, 4.69) is 9.80 Å². The number of likely N-dealkylation sites (tertiary alicyclic amines) is 1. The lowest BCUT2D eigenvalue weighted by Gasteiger charge is -2.26. The molecule has 130 valence electrons. The highest BCUT2D eigenvalue weighted by atomic mass is 19.1. The van der Waals surface area contributed by atoms with Gasteiger partial charge in [-0.15, -0.1) is 0 Å². The number of aliphatic carboxylic acids is 1. The maximum Gasteiger partial charge on any atom is 0.311 e. The van der Waals surface area contributed by atoms with Crippen LogP contribution in [0.5, 0.6) is 0 Å². The normalized spacial score (nSPS) is 30.0. The van der Waals surface area contributed by atoms with Gasteiger partial charge < -0.3 is 10.0 Å². The smallest absolute Gasteiger partial charge is 0.311 e. The van der Waals surface area contributed by atoms with E-state index in [0.717, 1.165) is 63.0 Å². The molecule has 24 heavy (non-hydrogen) atoms. The quantitative estimate of drug-likeness (QED) is 0.920. The highest BCUT2D eigenvalue weighted by Crippen LogP contribution is 2.49. The van der Waals surface area contributed by atoms with Crippen LogP contribution in [0.1, 0.15) is 37.7 Å². The van der Waals surface area contributed by atoms with Crippen molar-refractivity contribution in [2.75, 3.05) is 31.1 Å². The van der Waals surface area contributed by atoms with E-state index in [1.165, 1.54) is 6.07 Å². The van der Waals surface area contributed by atoms with E-state index in [1.54, 1.807) is 6.07 Å². The molecule has 1 N–H and O–H groups in total. The minimum absolute atomic E-state index is 0.166. The molecule has 2 heterocycles. The Morgan fingerprint density at radius 3 is 2.79 bits per heavy atom. The Balaban J connectivity index is 1.57. The number of hydrogen-bond donors (Lipinski definition) is 1. The van der Waals surface area contributed by atoms with Gasteiger partial charge in [-0.3, -0.25) is 9.69 Å². The number of nitrogens with zero attached hydrogens (tertiary/aromatic N) is 2. The van der Waals surface area contributed by atoms with Crippen molar-refractivity contribution >= 4 is 11.7 Å². The highest BCUT2D eigenvalue weighted by molar-refractivity contribution is 5.76. The molecule has 0 radical (unpaired) electrons. The summed E-state index contributed by atoms with van der Waals surface area (Å²) in [5.74, 6) is -0.612. The topological polar surface area (TPSA) is 43.8 Å². The minimum atomic E-state index is -0.666. The van der Waals surface area contributed by atoms with E-state index in [-0.39, 0.29) is 11.7 Å². The van der Waals surface area contributed by atoms with Crippen LogP contribution in [-0.4, -0.2) is 42.2 Å². The Morgan fingerprint density at radius 1 is 1.29 bits per heavy atom. The average molecular weight is 332 g/mol. The largest absolute Gasteiger partial charge is 0.481 e. The number of halogens is 1. The Labute approximate surface area is 142 Å². The third kappa shape index (κ3) is 2.50. The molecule has 2 saturated heterocycles. The Morgan fingerprint density at radius 2 is 2.08 bits per heavy atom. The standard InChI is InChI=1S/C19H25FN2O2/c20-16-6-3-7-17(22-9-1-2-10-22)15(16)12-21-11-14-5-4-8-19(14,13-21)18(23)24/h3,6-7,14H,1-2,4-5,8-13H2,(H,23,24)/t14-,19+/m0/s1. The summed E-state index contributed by atoms with van der Waals surface area (Å²) in [6, 6.07) is 5.32. The zero-order valence-electron chi connectivity index (χ0n) is 14.0. The number of carboxylic acids is 1. The van der Waals surface area contributed by atoms with Gasteiger partial charge in [-0.1, -0.05) is 12.5 Å². The molecule has 1 saturated carbocycles. The van der Waals surface area contributed by atoms with Gasteiger partial charge in [-0.25, -0.2) is 4.39 Å². The van der Waals surface area contributed by atoms with E-state index in [9.17, 15) is 14.3 Å². The highest BCUT2D eigenvalue weighted by Gasteiger charge is 2.54. The molecule has 0 amide bonds. The van der Waals surface area contributed by atoms with Crippen molar-refractivity contribution in [3.8, 4) is 0 Å². The number of benzene rings is 1. The zero-order chi connectivity index (χ0) is 16.7. The molecular formula is C19H25FN2O2. The van der Waals surface area contributed by atoms with Gasteiger partial charge in [0.1, 0.15) is 5.82 Å². The van der Waals surface area contributed by atoms with Crippen LogP contribution in [0.25, 0.3) is 0 Å². The van der Waals surface area contributed by atoms with Gasteiger partial charge in [0.15, 0.2) is 0 Å². The van der Waals surface area contributed by atoms with E-state index >= 15 is 0 Å². The van der Waals surface area contributed by atoms with Gasteiger partial charge in [-0.2, -0.15) is 0 Å². The molecule has 3 fully saturated rings. The molecule has 5 heteroatoms. The fourth-order valence-electron chi connectivity index (χ4n) is 5.05. The first-order valence-electron chi connectivity index (χ1n) is 9.08. The lowest BCUT2D eigenvalue weighted by atomic mass is 9.81. The monoisotopic (exact) mass is 332 g/mol. The molecule has 1 aromatic carbocycles. The summed E-state index contributed by atoms with van der Waals surface area (Å²) in [4.78, 5) is 16.3. The van der Waals surface area contributed by atoms with E-state index in [4.69, 9.17) is 0 Å². The second kappa shape index (κ2) is 6.03. The van der Waals surface area contributed by atoms with Crippen molar-refractivity contribution in [1.82, 2.24) is 4.90 Å². The van der Waals surface area contributed by atoms with Crippen molar-refractivity contribution in [3.05, 3.63) is 29.6 Å². The molecule has 0 bridgehead atoms. The summed E-state index contributed by atoms with van der Waals surface area (Å²) in [6.07, 6.45) is 5.07. The molecule has 0 spiro atoms. The van der Waals surface area contributed by atoms with E-state index < -0.39 is 11.4 Å². The second-order valence-corrected chi connectivity index (χ2v) is 7.65. The van der Waals surface area contributed by atoms with Gasteiger partial charge in [0.25, 0.3) is 0 Å². The Hall–Kier alpha value is -1.62. The van der Waals surface area contributed by atoms with Crippen LogP contribution in [0.2, 0.25) is 0 Å². The summed E-state index contributed by atoms with van der Waals surface area (Å²) in [5, 5.41) is 9.73. The zero-order valence-corrected chi connectivity index (χ0v) is 14.0. The third-order valence-electron chi connectivity index (χ3n) is 6.29. The fourth-order valence-corrected chi connectivity index (χ4v) is 5.05. The molecule has 1 aliphatic carbocycles. The van der Waals surface area contributed by atoms with Crippen LogP contribution in [0.3, 0.4) is 0 Å². The number of carboxylic acid groups (broad SMARTS) is 1. The minimum Gasteiger partial charge on any atom is -0.481 e. The maximum atomic E-state index is 14.5. The van der Waals surface area contributed by atoms with Crippen LogP contribution in [0, 0.1) is 17.2 Å². The maximum absolute atomic E-state index is 14.5. The molecule has 3 aliphatic rings. The fraction of sp³-hybridized carbons (Fsp3) is 0.632. The number of anilines is 1. The summed E-state index contributed by atoms with van der Waals surface area (Å²) in [7, 11) is 0. The SMILES string of the molecule is O=C(O)[C@@]12CCC[C@H]1CN(Cc1c(F)cccc1N1CCCC1)C2. The molecular weight excluding hydrogens is 307 g/mol. The summed E-state index contributed by atoms with van der Waals surface area (Å²) < 4.78 is 14.5. The number of fused-ring (bicyclic) bond motifs is 1. The van der Waals surface area contributed by atoms with Crippen molar-refractivity contribution in [2.45, 2.75) is 38.6 Å². The lowest BCUT2D eigenvalue weighted by Crippen LogP contribution is -2.35. The second-order valence-electron chi connectivity index (χ2n) is 7.65. The molecule has 0 aromatic heterocycles. The van der Waals surface area contributed by atoms with Gasteiger partial charge >= 0.3 is 5.97 Å². The first kappa shape index (κ1) is 15.9. The third-order valence-corrected chi connectivity index (χ3v) is 6.29. The lowest BCUT2D eigenvalue weighted by molar-refractivity contribution is -0.149. The van der Waals surface area contributed by atoms with Crippen LogP contribution in [-0.2, 0) is 11.3 Å². The van der Waals surface area contributed by atoms with Crippen LogP contribution < -0.4 is 4.90 Å². The molecule has 2 aliphatic heterocycles. The van der Waals surface area contributed by atoms with Gasteiger partial charge in [0.2, 0.25) is 0 Å². The number of hydrogen-bond acceptors (Lipinski definition) is 3. The van der Waals surface area contributed by atoms with Crippen LogP contribution >= 0.6 is 0 Å². The van der Waals surface area contributed by atoms with Crippen LogP contribution in [0.15, 0.2) is 18.2 Å². The summed E-state index contributed by atoms with van der Waals surface area (Å²) >= 11 is 0. The van der Waals surface area contributed by atoms with Gasteiger partial charge in [0.05, 0.1) is 5.41 Å². The van der Waals surface area contributed by atoms with Crippen molar-refractivity contribution in [2.24, 2.45) is 11.3 Å². The predicted molar refractivity (Wildman–Crippen MR) is 90.5 cm³/mol. The number of rotatable bonds is 4. The van der Waals surface area contributed by atoms with Crippen molar-refractivity contribution < 1.29 is 14.3 Å². The van der Waals surface area contributed by atoms with E-state index in [1.807, 2.05) is 6.07 Å². The summed E-state index contributed by atoms with van der Waals surface area (Å²) in [6.45, 7) is 3.82. The average Bonchev–Trinajstić information content (AvgIpc) is 3.24. The van der Waals surface area contributed by atoms with Crippen molar-refractivity contribution in [1.29, 1.82) is 0 Å². The summed E-state index contributed by atoms with van der Waals surface area (Å²) in [5.41, 5.74) is 1.13. The number of carbonyl (C=O) groups is 1. The predicted octanol–water partition coefficient (Wildman–Crippen LogP) is 3.11. The molecule has 0 unspecified atom stereocenters. The van der Waals surface area contributed by atoms with Crippen LogP contribution in [0.4, 0.5) is 10.1 Å².